The Bertz CT molecular complexity index is 519. The van der Waals surface area contributed by atoms with Crippen LogP contribution in [-0.4, -0.2) is 11.2 Å². The lowest BCUT2D eigenvalue weighted by Gasteiger charge is -2.16. The summed E-state index contributed by atoms with van der Waals surface area (Å²) in [5.41, 5.74) is 0.664. The molecule has 0 aliphatic rings. The molecule has 0 fully saturated rings. The van der Waals surface area contributed by atoms with Crippen LogP contribution in [-0.2, 0) is 0 Å². The van der Waals surface area contributed by atoms with Crippen LogP contribution >= 0.6 is 11.6 Å². The smallest absolute Gasteiger partial charge is 0.193 e. The van der Waals surface area contributed by atoms with Gasteiger partial charge in [0.15, 0.2) is 5.22 Å². The summed E-state index contributed by atoms with van der Waals surface area (Å²) >= 11 is 5.71. The van der Waals surface area contributed by atoms with E-state index in [2.05, 4.69) is 0 Å². The van der Waals surface area contributed by atoms with Crippen LogP contribution < -0.4 is 4.74 Å². The third-order valence-electron chi connectivity index (χ3n) is 2.44. The quantitative estimate of drug-likeness (QED) is 0.915. The Kier molecular flexibility index (Phi) is 3.94. The molecule has 0 spiro atoms. The molecule has 0 amide bonds. The van der Waals surface area contributed by atoms with E-state index in [9.17, 15) is 5.11 Å². The fourth-order valence-corrected chi connectivity index (χ4v) is 1.85. The number of para-hydroxylation sites is 1. The van der Waals surface area contributed by atoms with Gasteiger partial charge < -0.3 is 14.3 Å². The van der Waals surface area contributed by atoms with E-state index in [1.54, 1.807) is 18.2 Å². The van der Waals surface area contributed by atoms with Crippen molar-refractivity contribution in [2.75, 3.05) is 0 Å². The van der Waals surface area contributed by atoms with Gasteiger partial charge in [-0.15, -0.1) is 0 Å². The molecule has 18 heavy (non-hydrogen) atoms. The Morgan fingerprint density at radius 1 is 1.17 bits per heavy atom. The monoisotopic (exact) mass is 266 g/mol. The van der Waals surface area contributed by atoms with E-state index in [1.165, 1.54) is 0 Å². The largest absolute Gasteiger partial charge is 0.491 e. The molecule has 0 saturated carbocycles. The minimum atomic E-state index is -0.882. The van der Waals surface area contributed by atoms with E-state index in [-0.39, 0.29) is 11.3 Å². The van der Waals surface area contributed by atoms with Gasteiger partial charge in [-0.1, -0.05) is 18.2 Å². The minimum absolute atomic E-state index is 0.0403. The van der Waals surface area contributed by atoms with Gasteiger partial charge in [-0.05, 0) is 43.6 Å². The number of hydrogen-bond donors (Lipinski definition) is 1. The molecule has 4 heteroatoms. The number of benzene rings is 1. The maximum absolute atomic E-state index is 10.3. The highest BCUT2D eigenvalue weighted by Gasteiger charge is 2.19. The molecule has 3 nitrogen and oxygen atoms in total. The van der Waals surface area contributed by atoms with Crippen LogP contribution in [0.4, 0.5) is 0 Å². The Balaban J connectivity index is 2.32. The second-order valence-electron chi connectivity index (χ2n) is 4.25. The van der Waals surface area contributed by atoms with E-state index in [0.717, 1.165) is 0 Å². The molecule has 1 N–H and O–H groups in total. The van der Waals surface area contributed by atoms with Crippen LogP contribution in [0.25, 0.3) is 0 Å². The molecule has 2 aromatic rings. The Hall–Kier alpha value is -1.45. The molecular weight excluding hydrogens is 252 g/mol. The fourth-order valence-electron chi connectivity index (χ4n) is 1.70. The normalized spacial score (nSPS) is 12.7. The van der Waals surface area contributed by atoms with Gasteiger partial charge in [-0.2, -0.15) is 0 Å². The van der Waals surface area contributed by atoms with E-state index < -0.39 is 6.10 Å². The molecule has 1 unspecified atom stereocenters. The molecule has 0 radical (unpaired) electrons. The topological polar surface area (TPSA) is 42.6 Å². The van der Waals surface area contributed by atoms with Crippen LogP contribution in [0.1, 0.15) is 31.3 Å². The zero-order valence-electron chi connectivity index (χ0n) is 10.3. The van der Waals surface area contributed by atoms with Gasteiger partial charge in [0.2, 0.25) is 0 Å². The first-order chi connectivity index (χ1) is 8.58. The molecule has 1 atom stereocenters. The van der Waals surface area contributed by atoms with E-state index in [0.29, 0.717) is 17.1 Å². The van der Waals surface area contributed by atoms with Crippen LogP contribution in [0, 0.1) is 0 Å². The molecule has 96 valence electrons. The van der Waals surface area contributed by atoms with Crippen molar-refractivity contribution in [3.63, 3.8) is 0 Å². The number of halogens is 1. The molecule has 2 rings (SSSR count). The van der Waals surface area contributed by atoms with E-state index >= 15 is 0 Å². The van der Waals surface area contributed by atoms with Crippen molar-refractivity contribution in [1.29, 1.82) is 0 Å². The summed E-state index contributed by atoms with van der Waals surface area (Å²) in [4.78, 5) is 0. The van der Waals surface area contributed by atoms with Crippen LogP contribution in [0.5, 0.6) is 5.75 Å². The van der Waals surface area contributed by atoms with Gasteiger partial charge in [-0.25, -0.2) is 0 Å². The summed E-state index contributed by atoms with van der Waals surface area (Å²) in [7, 11) is 0. The summed E-state index contributed by atoms with van der Waals surface area (Å²) in [6.45, 7) is 3.87. The van der Waals surface area contributed by atoms with Crippen molar-refractivity contribution in [2.24, 2.45) is 0 Å². The van der Waals surface area contributed by atoms with Crippen LogP contribution in [0.3, 0.4) is 0 Å². The van der Waals surface area contributed by atoms with Gasteiger partial charge in [0.05, 0.1) is 6.10 Å². The lowest BCUT2D eigenvalue weighted by Crippen LogP contribution is -2.09. The molecule has 0 aliphatic heterocycles. The maximum atomic E-state index is 10.3. The number of hydrogen-bond acceptors (Lipinski definition) is 3. The Morgan fingerprint density at radius 2 is 1.89 bits per heavy atom. The van der Waals surface area contributed by atoms with Gasteiger partial charge in [-0.3, -0.25) is 0 Å². The predicted octanol–water partition coefficient (Wildman–Crippen LogP) is 3.80. The minimum Gasteiger partial charge on any atom is -0.491 e. The van der Waals surface area contributed by atoms with Crippen molar-refractivity contribution < 1.29 is 14.3 Å². The van der Waals surface area contributed by atoms with Crippen molar-refractivity contribution in [1.82, 2.24) is 0 Å². The molecule has 1 aromatic carbocycles. The van der Waals surface area contributed by atoms with Crippen molar-refractivity contribution in [3.05, 3.63) is 52.9 Å². The molecule has 1 aromatic heterocycles. The van der Waals surface area contributed by atoms with Crippen molar-refractivity contribution in [2.45, 2.75) is 26.1 Å². The Morgan fingerprint density at radius 3 is 2.50 bits per heavy atom. The lowest BCUT2D eigenvalue weighted by molar-refractivity contribution is 0.176. The number of furan rings is 1. The first kappa shape index (κ1) is 13.0. The number of rotatable bonds is 4. The first-order valence-corrected chi connectivity index (χ1v) is 6.14. The van der Waals surface area contributed by atoms with Crippen LogP contribution in [0.2, 0.25) is 5.22 Å². The number of aliphatic hydroxyl groups excluding tert-OH is 1. The molecule has 0 aliphatic carbocycles. The summed E-state index contributed by atoms with van der Waals surface area (Å²) < 4.78 is 10.9. The lowest BCUT2D eigenvalue weighted by atomic mass is 10.1. The predicted molar refractivity (Wildman–Crippen MR) is 70.0 cm³/mol. The zero-order valence-corrected chi connectivity index (χ0v) is 11.0. The summed E-state index contributed by atoms with van der Waals surface area (Å²) in [6.07, 6.45) is -0.842. The maximum Gasteiger partial charge on any atom is 0.193 e. The van der Waals surface area contributed by atoms with E-state index in [4.69, 9.17) is 20.8 Å². The average Bonchev–Trinajstić information content (AvgIpc) is 2.75. The zero-order chi connectivity index (χ0) is 13.1. The van der Waals surface area contributed by atoms with Gasteiger partial charge in [0, 0.05) is 5.56 Å². The number of ether oxygens (including phenoxy) is 1. The molecule has 0 saturated heterocycles. The SMILES string of the molecule is CC(C)Oc1ccccc1C(O)c1ccc(Cl)o1. The molecule has 1 heterocycles. The third-order valence-corrected chi connectivity index (χ3v) is 2.64. The first-order valence-electron chi connectivity index (χ1n) is 5.77. The molecular formula is C14H15ClO3. The Labute approximate surface area is 111 Å². The highest BCUT2D eigenvalue weighted by molar-refractivity contribution is 6.28. The second-order valence-corrected chi connectivity index (χ2v) is 4.62. The fraction of sp³-hybridized carbons (Fsp3) is 0.286. The van der Waals surface area contributed by atoms with E-state index in [1.807, 2.05) is 32.0 Å². The highest BCUT2D eigenvalue weighted by atomic mass is 35.5. The highest BCUT2D eigenvalue weighted by Crippen LogP contribution is 2.32. The van der Waals surface area contributed by atoms with Gasteiger partial charge >= 0.3 is 0 Å². The van der Waals surface area contributed by atoms with Crippen LogP contribution in [0.15, 0.2) is 40.8 Å². The molecule has 0 bridgehead atoms. The third kappa shape index (κ3) is 2.86. The van der Waals surface area contributed by atoms with Crippen molar-refractivity contribution >= 4 is 11.6 Å². The summed E-state index contributed by atoms with van der Waals surface area (Å²) in [5.74, 6) is 1.05. The van der Waals surface area contributed by atoms with Gasteiger partial charge in [0.1, 0.15) is 17.6 Å². The average molecular weight is 267 g/mol. The van der Waals surface area contributed by atoms with Gasteiger partial charge in [0.25, 0.3) is 0 Å². The summed E-state index contributed by atoms with van der Waals surface area (Å²) in [6, 6.07) is 10.6. The second kappa shape index (κ2) is 5.46. The summed E-state index contributed by atoms with van der Waals surface area (Å²) in [5, 5.41) is 10.5. The number of aliphatic hydroxyl groups is 1. The standard InChI is InChI=1S/C14H15ClO3/c1-9(2)17-11-6-4-3-5-10(11)14(16)12-7-8-13(15)18-12/h3-9,14,16H,1-2H3. The van der Waals surface area contributed by atoms with Crippen molar-refractivity contribution in [3.8, 4) is 5.75 Å².